The lowest BCUT2D eigenvalue weighted by Crippen LogP contribution is -2.48. The van der Waals surface area contributed by atoms with Crippen molar-refractivity contribution in [1.82, 2.24) is 9.80 Å². The molecule has 1 aromatic rings. The zero-order valence-corrected chi connectivity index (χ0v) is 13.8. The Labute approximate surface area is 132 Å². The molecule has 1 unspecified atom stereocenters. The van der Waals surface area contributed by atoms with Gasteiger partial charge >= 0.3 is 0 Å². The summed E-state index contributed by atoms with van der Waals surface area (Å²) in [6.45, 7) is 8.13. The second kappa shape index (κ2) is 7.81. The first-order chi connectivity index (χ1) is 10.1. The SMILES string of the molecule is CCCc1ccc(C(Cl)CN2CCN(C(C)=O)CC2)cc1. The van der Waals surface area contributed by atoms with Gasteiger partial charge < -0.3 is 4.90 Å². The largest absolute Gasteiger partial charge is 0.340 e. The second-order valence-electron chi connectivity index (χ2n) is 5.77. The maximum Gasteiger partial charge on any atom is 0.219 e. The highest BCUT2D eigenvalue weighted by atomic mass is 35.5. The van der Waals surface area contributed by atoms with E-state index in [1.165, 1.54) is 17.5 Å². The van der Waals surface area contributed by atoms with Crippen molar-refractivity contribution in [3.05, 3.63) is 35.4 Å². The molecule has 1 atom stereocenters. The number of hydrogen-bond acceptors (Lipinski definition) is 2. The van der Waals surface area contributed by atoms with E-state index in [4.69, 9.17) is 11.6 Å². The molecule has 21 heavy (non-hydrogen) atoms. The number of rotatable bonds is 5. The van der Waals surface area contributed by atoms with Gasteiger partial charge in [0.15, 0.2) is 0 Å². The van der Waals surface area contributed by atoms with Gasteiger partial charge in [-0.05, 0) is 17.5 Å². The number of amides is 1. The summed E-state index contributed by atoms with van der Waals surface area (Å²) in [6.07, 6.45) is 2.30. The van der Waals surface area contributed by atoms with Crippen molar-refractivity contribution < 1.29 is 4.79 Å². The summed E-state index contributed by atoms with van der Waals surface area (Å²) >= 11 is 6.55. The summed E-state index contributed by atoms with van der Waals surface area (Å²) in [5.74, 6) is 0.170. The first-order valence-corrected chi connectivity index (χ1v) is 8.24. The van der Waals surface area contributed by atoms with E-state index in [1.807, 2.05) is 4.90 Å². The van der Waals surface area contributed by atoms with Gasteiger partial charge in [-0.3, -0.25) is 9.69 Å². The van der Waals surface area contributed by atoms with Gasteiger partial charge in [-0.2, -0.15) is 0 Å². The van der Waals surface area contributed by atoms with Crippen molar-refractivity contribution in [2.75, 3.05) is 32.7 Å². The predicted octanol–water partition coefficient (Wildman–Crippen LogP) is 3.08. The maximum absolute atomic E-state index is 11.3. The molecule has 0 bridgehead atoms. The Bertz CT molecular complexity index is 452. The van der Waals surface area contributed by atoms with E-state index >= 15 is 0 Å². The van der Waals surface area contributed by atoms with Gasteiger partial charge in [0.1, 0.15) is 0 Å². The van der Waals surface area contributed by atoms with Crippen LogP contribution in [0.3, 0.4) is 0 Å². The van der Waals surface area contributed by atoms with Crippen LogP contribution < -0.4 is 0 Å². The molecule has 1 heterocycles. The average Bonchev–Trinajstić information content (AvgIpc) is 2.49. The van der Waals surface area contributed by atoms with Crippen LogP contribution in [0.5, 0.6) is 0 Å². The molecule has 1 fully saturated rings. The van der Waals surface area contributed by atoms with Crippen LogP contribution in [0, 0.1) is 0 Å². The lowest BCUT2D eigenvalue weighted by atomic mass is 10.1. The van der Waals surface area contributed by atoms with Crippen LogP contribution in [0.15, 0.2) is 24.3 Å². The summed E-state index contributed by atoms with van der Waals surface area (Å²) in [5, 5.41) is 0.0181. The minimum atomic E-state index is 0.0181. The Morgan fingerprint density at radius 1 is 1.19 bits per heavy atom. The molecular weight excluding hydrogens is 284 g/mol. The standard InChI is InChI=1S/C17H25ClN2O/c1-3-4-15-5-7-16(8-6-15)17(18)13-19-9-11-20(12-10-19)14(2)21/h5-8,17H,3-4,9-13H2,1-2H3. The summed E-state index contributed by atoms with van der Waals surface area (Å²) in [7, 11) is 0. The van der Waals surface area contributed by atoms with Gasteiger partial charge in [-0.15, -0.1) is 11.6 Å². The van der Waals surface area contributed by atoms with Gasteiger partial charge in [0, 0.05) is 39.6 Å². The molecule has 0 radical (unpaired) electrons. The van der Waals surface area contributed by atoms with E-state index in [2.05, 4.69) is 36.1 Å². The molecule has 1 amide bonds. The van der Waals surface area contributed by atoms with Crippen molar-refractivity contribution in [2.45, 2.75) is 32.1 Å². The molecule has 4 heteroatoms. The van der Waals surface area contributed by atoms with Crippen molar-refractivity contribution in [2.24, 2.45) is 0 Å². The molecule has 0 N–H and O–H groups in total. The summed E-state index contributed by atoms with van der Waals surface area (Å²) in [4.78, 5) is 15.6. The third kappa shape index (κ3) is 4.72. The topological polar surface area (TPSA) is 23.6 Å². The third-order valence-corrected chi connectivity index (χ3v) is 4.51. The van der Waals surface area contributed by atoms with E-state index in [0.717, 1.165) is 39.1 Å². The average molecular weight is 309 g/mol. The zero-order chi connectivity index (χ0) is 15.2. The molecule has 1 aliphatic rings. The van der Waals surface area contributed by atoms with Crippen LogP contribution in [-0.2, 0) is 11.2 Å². The summed E-state index contributed by atoms with van der Waals surface area (Å²) in [6, 6.07) is 8.66. The minimum Gasteiger partial charge on any atom is -0.340 e. The molecule has 116 valence electrons. The Balaban J connectivity index is 1.84. The van der Waals surface area contributed by atoms with Crippen molar-refractivity contribution >= 4 is 17.5 Å². The lowest BCUT2D eigenvalue weighted by molar-refractivity contribution is -0.130. The maximum atomic E-state index is 11.3. The van der Waals surface area contributed by atoms with Gasteiger partial charge in [0.2, 0.25) is 5.91 Å². The molecule has 0 saturated carbocycles. The number of halogens is 1. The quantitative estimate of drug-likeness (QED) is 0.781. The smallest absolute Gasteiger partial charge is 0.219 e. The first-order valence-electron chi connectivity index (χ1n) is 7.81. The van der Waals surface area contributed by atoms with Crippen LogP contribution in [0.2, 0.25) is 0 Å². The van der Waals surface area contributed by atoms with Crippen LogP contribution in [0.4, 0.5) is 0 Å². The number of alkyl halides is 1. The third-order valence-electron chi connectivity index (χ3n) is 4.12. The minimum absolute atomic E-state index is 0.0181. The fourth-order valence-corrected chi connectivity index (χ4v) is 3.10. The normalized spacial score (nSPS) is 17.8. The number of hydrogen-bond donors (Lipinski definition) is 0. The highest BCUT2D eigenvalue weighted by Crippen LogP contribution is 2.23. The van der Waals surface area contributed by atoms with E-state index < -0.39 is 0 Å². The fourth-order valence-electron chi connectivity index (χ4n) is 2.76. The molecule has 0 aliphatic carbocycles. The summed E-state index contributed by atoms with van der Waals surface area (Å²) < 4.78 is 0. The Hall–Kier alpha value is -1.06. The van der Waals surface area contributed by atoms with Crippen LogP contribution in [0.1, 0.15) is 36.8 Å². The lowest BCUT2D eigenvalue weighted by Gasteiger charge is -2.35. The number of aryl methyl sites for hydroxylation is 1. The molecular formula is C17H25ClN2O. The fraction of sp³-hybridized carbons (Fsp3) is 0.588. The van der Waals surface area contributed by atoms with Crippen molar-refractivity contribution in [3.8, 4) is 0 Å². The Morgan fingerprint density at radius 3 is 2.33 bits per heavy atom. The summed E-state index contributed by atoms with van der Waals surface area (Å²) in [5.41, 5.74) is 2.56. The highest BCUT2D eigenvalue weighted by molar-refractivity contribution is 6.21. The Kier molecular flexibility index (Phi) is 6.07. The van der Waals surface area contributed by atoms with Gasteiger partial charge in [-0.1, -0.05) is 37.6 Å². The highest BCUT2D eigenvalue weighted by Gasteiger charge is 2.21. The van der Waals surface area contributed by atoms with E-state index in [1.54, 1.807) is 6.92 Å². The van der Waals surface area contributed by atoms with Gasteiger partial charge in [-0.25, -0.2) is 0 Å². The van der Waals surface area contributed by atoms with Crippen molar-refractivity contribution in [1.29, 1.82) is 0 Å². The van der Waals surface area contributed by atoms with Crippen molar-refractivity contribution in [3.63, 3.8) is 0 Å². The first kappa shape index (κ1) is 16.3. The van der Waals surface area contributed by atoms with Crippen LogP contribution in [-0.4, -0.2) is 48.4 Å². The van der Waals surface area contributed by atoms with Crippen LogP contribution >= 0.6 is 11.6 Å². The van der Waals surface area contributed by atoms with E-state index in [-0.39, 0.29) is 11.3 Å². The molecule has 2 rings (SSSR count). The molecule has 1 saturated heterocycles. The molecule has 0 spiro atoms. The molecule has 0 aromatic heterocycles. The Morgan fingerprint density at radius 2 is 1.81 bits per heavy atom. The molecule has 1 aromatic carbocycles. The second-order valence-corrected chi connectivity index (χ2v) is 6.29. The van der Waals surface area contributed by atoms with Crippen LogP contribution in [0.25, 0.3) is 0 Å². The molecule has 1 aliphatic heterocycles. The zero-order valence-electron chi connectivity index (χ0n) is 13.0. The van der Waals surface area contributed by atoms with E-state index in [9.17, 15) is 4.79 Å². The number of nitrogens with zero attached hydrogens (tertiary/aromatic N) is 2. The number of piperazine rings is 1. The predicted molar refractivity (Wildman–Crippen MR) is 87.7 cm³/mol. The van der Waals surface area contributed by atoms with Gasteiger partial charge in [0.05, 0.1) is 5.38 Å². The number of carbonyl (C=O) groups excluding carboxylic acids is 1. The molecule has 3 nitrogen and oxygen atoms in total. The van der Waals surface area contributed by atoms with E-state index in [0.29, 0.717) is 0 Å². The van der Waals surface area contributed by atoms with Gasteiger partial charge in [0.25, 0.3) is 0 Å². The monoisotopic (exact) mass is 308 g/mol. The number of carbonyl (C=O) groups is 1. The number of benzene rings is 1.